The molecule has 1 aromatic heterocycles. The number of furan rings is 1. The minimum atomic E-state index is -0.434. The van der Waals surface area contributed by atoms with Crippen LogP contribution < -0.4 is 5.32 Å². The SMILES string of the molecule is CNC(=O)c1c(C2C=CC(F)=CC2)oc2cc(CC(=O)OC)c(-c3cccc(C=O)c3)cc12. The molecular formula is C26H22FNO5. The Morgan fingerprint density at radius 3 is 2.76 bits per heavy atom. The molecule has 0 fully saturated rings. The number of rotatable bonds is 6. The Morgan fingerprint density at radius 2 is 2.09 bits per heavy atom. The molecule has 7 heteroatoms. The largest absolute Gasteiger partial charge is 0.469 e. The molecule has 0 aliphatic heterocycles. The molecule has 0 saturated carbocycles. The van der Waals surface area contributed by atoms with E-state index in [1.165, 1.54) is 26.3 Å². The number of esters is 1. The van der Waals surface area contributed by atoms with E-state index in [1.54, 1.807) is 36.4 Å². The lowest BCUT2D eigenvalue weighted by Crippen LogP contribution is -2.19. The summed E-state index contributed by atoms with van der Waals surface area (Å²) >= 11 is 0. The summed E-state index contributed by atoms with van der Waals surface area (Å²) in [5.41, 5.74) is 3.30. The summed E-state index contributed by atoms with van der Waals surface area (Å²) in [6.07, 6.45) is 5.56. The fourth-order valence-corrected chi connectivity index (χ4v) is 4.04. The highest BCUT2D eigenvalue weighted by Crippen LogP contribution is 2.39. The van der Waals surface area contributed by atoms with Crippen LogP contribution in [0.4, 0.5) is 4.39 Å². The number of hydrogen-bond donors (Lipinski definition) is 1. The Labute approximate surface area is 189 Å². The van der Waals surface area contributed by atoms with E-state index < -0.39 is 5.97 Å². The highest BCUT2D eigenvalue weighted by molar-refractivity contribution is 6.08. The number of nitrogens with one attached hydrogen (secondary N) is 1. The van der Waals surface area contributed by atoms with Crippen LogP contribution in [0.2, 0.25) is 0 Å². The zero-order chi connectivity index (χ0) is 23.5. The van der Waals surface area contributed by atoms with Gasteiger partial charge in [0.1, 0.15) is 23.5 Å². The third kappa shape index (κ3) is 4.35. The first-order valence-corrected chi connectivity index (χ1v) is 10.4. The summed E-state index contributed by atoms with van der Waals surface area (Å²) in [6, 6.07) is 10.5. The van der Waals surface area contributed by atoms with Gasteiger partial charge in [-0.25, -0.2) is 4.39 Å². The summed E-state index contributed by atoms with van der Waals surface area (Å²) in [4.78, 5) is 36.3. The van der Waals surface area contributed by atoms with Crippen LogP contribution in [0.3, 0.4) is 0 Å². The quantitative estimate of drug-likeness (QED) is 0.430. The Morgan fingerprint density at radius 1 is 1.27 bits per heavy atom. The molecule has 4 rings (SSSR count). The van der Waals surface area contributed by atoms with Crippen molar-refractivity contribution in [2.75, 3.05) is 14.2 Å². The number of carbonyl (C=O) groups is 3. The minimum absolute atomic E-state index is 0.0181. The van der Waals surface area contributed by atoms with Crippen molar-refractivity contribution in [2.24, 2.45) is 0 Å². The molecule has 1 aliphatic rings. The van der Waals surface area contributed by atoms with Gasteiger partial charge in [0.15, 0.2) is 0 Å². The number of hydrogen-bond acceptors (Lipinski definition) is 5. The van der Waals surface area contributed by atoms with Gasteiger partial charge in [-0.1, -0.05) is 24.3 Å². The summed E-state index contributed by atoms with van der Waals surface area (Å²) in [6.45, 7) is 0. The third-order valence-electron chi connectivity index (χ3n) is 5.68. The van der Waals surface area contributed by atoms with Crippen LogP contribution in [-0.2, 0) is 16.0 Å². The number of carbonyl (C=O) groups excluding carboxylic acids is 3. The smallest absolute Gasteiger partial charge is 0.310 e. The Bertz CT molecular complexity index is 1320. The Hall–Kier alpha value is -4.00. The van der Waals surface area contributed by atoms with Crippen LogP contribution in [0.5, 0.6) is 0 Å². The second kappa shape index (κ2) is 9.24. The first kappa shape index (κ1) is 22.2. The standard InChI is InChI=1S/C26H22FNO5/c1-28-26(31)24-21-13-20(17-5-3-4-15(10-17)14-29)18(12-23(30)32-2)11-22(21)33-25(24)16-6-8-19(27)9-7-16/h3-6,8-11,13-14,16H,7,12H2,1-2H3,(H,28,31). The molecular weight excluding hydrogens is 425 g/mol. The van der Waals surface area contributed by atoms with E-state index >= 15 is 0 Å². The van der Waals surface area contributed by atoms with Crippen LogP contribution in [-0.4, -0.2) is 32.3 Å². The Kier molecular flexibility index (Phi) is 6.22. The predicted molar refractivity (Wildman–Crippen MR) is 122 cm³/mol. The predicted octanol–water partition coefficient (Wildman–Crippen LogP) is 4.88. The molecule has 33 heavy (non-hydrogen) atoms. The van der Waals surface area contributed by atoms with Gasteiger partial charge in [-0.05, 0) is 53.5 Å². The molecule has 1 unspecified atom stereocenters. The van der Waals surface area contributed by atoms with E-state index in [0.717, 1.165) is 6.29 Å². The first-order chi connectivity index (χ1) is 15.9. The van der Waals surface area contributed by atoms with Crippen molar-refractivity contribution in [3.05, 3.63) is 82.9 Å². The molecule has 0 spiro atoms. The van der Waals surface area contributed by atoms with Crippen molar-refractivity contribution in [1.29, 1.82) is 0 Å². The molecule has 1 amide bonds. The van der Waals surface area contributed by atoms with Crippen molar-refractivity contribution in [1.82, 2.24) is 5.32 Å². The van der Waals surface area contributed by atoms with Gasteiger partial charge in [-0.2, -0.15) is 0 Å². The van der Waals surface area contributed by atoms with Gasteiger partial charge in [0.2, 0.25) is 0 Å². The molecule has 1 atom stereocenters. The summed E-state index contributed by atoms with van der Waals surface area (Å²) in [7, 11) is 2.84. The maximum Gasteiger partial charge on any atom is 0.310 e. The number of ether oxygens (including phenoxy) is 1. The lowest BCUT2D eigenvalue weighted by molar-refractivity contribution is -0.139. The number of benzene rings is 2. The van der Waals surface area contributed by atoms with E-state index in [2.05, 4.69) is 5.32 Å². The Balaban J connectivity index is 1.96. The molecule has 6 nitrogen and oxygen atoms in total. The van der Waals surface area contributed by atoms with Gasteiger partial charge in [-0.3, -0.25) is 14.4 Å². The van der Waals surface area contributed by atoms with Crippen LogP contribution in [0.1, 0.15) is 44.4 Å². The number of aldehydes is 1. The maximum absolute atomic E-state index is 13.5. The average Bonchev–Trinajstić information content (AvgIpc) is 3.21. The number of fused-ring (bicyclic) bond motifs is 1. The lowest BCUT2D eigenvalue weighted by atomic mass is 9.91. The van der Waals surface area contributed by atoms with E-state index in [0.29, 0.717) is 51.0 Å². The van der Waals surface area contributed by atoms with Crippen molar-refractivity contribution >= 4 is 29.1 Å². The molecule has 0 radical (unpaired) electrons. The molecule has 2 aromatic carbocycles. The van der Waals surface area contributed by atoms with Gasteiger partial charge in [-0.15, -0.1) is 0 Å². The molecule has 0 saturated heterocycles. The number of allylic oxidation sites excluding steroid dienone is 4. The molecule has 3 aromatic rings. The molecule has 1 N–H and O–H groups in total. The van der Waals surface area contributed by atoms with Crippen LogP contribution in [0, 0.1) is 0 Å². The van der Waals surface area contributed by atoms with Crippen molar-refractivity contribution < 1.29 is 27.9 Å². The van der Waals surface area contributed by atoms with Gasteiger partial charge in [0.25, 0.3) is 5.91 Å². The minimum Gasteiger partial charge on any atom is -0.469 e. The van der Waals surface area contributed by atoms with Crippen LogP contribution >= 0.6 is 0 Å². The maximum atomic E-state index is 13.5. The molecule has 1 aliphatic carbocycles. The summed E-state index contributed by atoms with van der Waals surface area (Å²) in [5.74, 6) is -0.986. The lowest BCUT2D eigenvalue weighted by Gasteiger charge is -2.13. The summed E-state index contributed by atoms with van der Waals surface area (Å²) < 4.78 is 24.5. The van der Waals surface area contributed by atoms with Crippen molar-refractivity contribution in [3.8, 4) is 11.1 Å². The van der Waals surface area contributed by atoms with E-state index in [-0.39, 0.29) is 24.1 Å². The van der Waals surface area contributed by atoms with Gasteiger partial charge >= 0.3 is 5.97 Å². The zero-order valence-corrected chi connectivity index (χ0v) is 18.2. The second-order valence-electron chi connectivity index (χ2n) is 7.71. The molecule has 1 heterocycles. The molecule has 168 valence electrons. The highest BCUT2D eigenvalue weighted by Gasteiger charge is 2.27. The number of methoxy groups -OCH3 is 1. The number of amides is 1. The average molecular weight is 447 g/mol. The van der Waals surface area contributed by atoms with Crippen LogP contribution in [0.15, 0.2) is 64.9 Å². The fourth-order valence-electron chi connectivity index (χ4n) is 4.04. The zero-order valence-electron chi connectivity index (χ0n) is 18.2. The number of halogens is 1. The van der Waals surface area contributed by atoms with Gasteiger partial charge in [0, 0.05) is 23.9 Å². The van der Waals surface area contributed by atoms with Crippen molar-refractivity contribution in [3.63, 3.8) is 0 Å². The third-order valence-corrected chi connectivity index (χ3v) is 5.68. The fraction of sp³-hybridized carbons (Fsp3) is 0.192. The van der Waals surface area contributed by atoms with E-state index in [1.807, 2.05) is 6.07 Å². The van der Waals surface area contributed by atoms with Crippen LogP contribution in [0.25, 0.3) is 22.1 Å². The van der Waals surface area contributed by atoms with E-state index in [4.69, 9.17) is 9.15 Å². The molecule has 0 bridgehead atoms. The monoisotopic (exact) mass is 447 g/mol. The van der Waals surface area contributed by atoms with Gasteiger partial charge in [0.05, 0.1) is 19.1 Å². The highest BCUT2D eigenvalue weighted by atomic mass is 19.1. The van der Waals surface area contributed by atoms with Gasteiger partial charge < -0.3 is 14.5 Å². The van der Waals surface area contributed by atoms with Crippen molar-refractivity contribution in [2.45, 2.75) is 18.8 Å². The normalized spacial score (nSPS) is 15.2. The van der Waals surface area contributed by atoms with E-state index in [9.17, 15) is 18.8 Å². The topological polar surface area (TPSA) is 85.6 Å². The first-order valence-electron chi connectivity index (χ1n) is 10.4. The summed E-state index contributed by atoms with van der Waals surface area (Å²) in [5, 5.41) is 3.21. The second-order valence-corrected chi connectivity index (χ2v) is 7.71.